The zero-order valence-corrected chi connectivity index (χ0v) is 15.6. The molecule has 1 aromatic carbocycles. The number of amides is 1. The van der Waals surface area contributed by atoms with Crippen molar-refractivity contribution in [3.05, 3.63) is 34.3 Å². The molecule has 1 amide bonds. The van der Waals surface area contributed by atoms with E-state index >= 15 is 0 Å². The first-order valence-electron chi connectivity index (χ1n) is 8.23. The van der Waals surface area contributed by atoms with E-state index in [-0.39, 0.29) is 11.8 Å². The van der Waals surface area contributed by atoms with Crippen molar-refractivity contribution in [2.24, 2.45) is 5.92 Å². The number of carboxylic acids is 1. The standard InChI is InChI=1S/C18H24BrNO4/c1-12(2)11-15(16(21)22)20-17(23)18(7-9-24-10-8-18)13-3-5-14(19)6-4-13/h3-6,12,15H,7-11H2,1-2H3,(H,20,23)(H,21,22)/t15-/m1/s1. The maximum absolute atomic E-state index is 13.1. The Morgan fingerprint density at radius 1 is 1.25 bits per heavy atom. The van der Waals surface area contributed by atoms with Gasteiger partial charge in [0.15, 0.2) is 0 Å². The van der Waals surface area contributed by atoms with Gasteiger partial charge in [0.2, 0.25) is 5.91 Å². The minimum Gasteiger partial charge on any atom is -0.480 e. The summed E-state index contributed by atoms with van der Waals surface area (Å²) in [5, 5.41) is 12.2. The fraction of sp³-hybridized carbons (Fsp3) is 0.556. The molecule has 6 heteroatoms. The number of hydrogen-bond acceptors (Lipinski definition) is 3. The second-order valence-electron chi connectivity index (χ2n) is 6.70. The molecular weight excluding hydrogens is 374 g/mol. The first-order valence-corrected chi connectivity index (χ1v) is 9.02. The fourth-order valence-electron chi connectivity index (χ4n) is 3.12. The van der Waals surface area contributed by atoms with Crippen LogP contribution in [0.1, 0.15) is 38.7 Å². The van der Waals surface area contributed by atoms with Gasteiger partial charge in [-0.15, -0.1) is 0 Å². The lowest BCUT2D eigenvalue weighted by molar-refractivity contribution is -0.144. The Kier molecular flexibility index (Phi) is 6.40. The van der Waals surface area contributed by atoms with Crippen LogP contribution in [0.15, 0.2) is 28.7 Å². The van der Waals surface area contributed by atoms with Gasteiger partial charge in [-0.1, -0.05) is 41.9 Å². The molecule has 0 aromatic heterocycles. The van der Waals surface area contributed by atoms with Crippen LogP contribution in [0.4, 0.5) is 0 Å². The highest BCUT2D eigenvalue weighted by Gasteiger charge is 2.43. The van der Waals surface area contributed by atoms with Crippen LogP contribution in [0.2, 0.25) is 0 Å². The lowest BCUT2D eigenvalue weighted by atomic mass is 9.73. The molecule has 1 aromatic rings. The van der Waals surface area contributed by atoms with E-state index in [4.69, 9.17) is 4.74 Å². The van der Waals surface area contributed by atoms with Crippen LogP contribution in [0, 0.1) is 5.92 Å². The number of nitrogens with one attached hydrogen (secondary N) is 1. The van der Waals surface area contributed by atoms with Gasteiger partial charge in [-0.3, -0.25) is 4.79 Å². The second kappa shape index (κ2) is 8.12. The first kappa shape index (κ1) is 18.9. The van der Waals surface area contributed by atoms with Gasteiger partial charge in [-0.2, -0.15) is 0 Å². The summed E-state index contributed by atoms with van der Waals surface area (Å²) in [5.41, 5.74) is 0.170. The number of carbonyl (C=O) groups excluding carboxylic acids is 1. The Bertz CT molecular complexity index is 579. The largest absolute Gasteiger partial charge is 0.480 e. The Balaban J connectivity index is 2.28. The van der Waals surface area contributed by atoms with Crippen LogP contribution < -0.4 is 5.32 Å². The molecule has 1 saturated heterocycles. The molecule has 0 bridgehead atoms. The fourth-order valence-corrected chi connectivity index (χ4v) is 3.39. The van der Waals surface area contributed by atoms with Gasteiger partial charge in [0.25, 0.3) is 0 Å². The number of rotatable bonds is 6. The molecule has 0 unspecified atom stereocenters. The van der Waals surface area contributed by atoms with Crippen LogP contribution in [-0.2, 0) is 19.7 Å². The normalized spacial score (nSPS) is 18.2. The average Bonchev–Trinajstić information content (AvgIpc) is 2.55. The van der Waals surface area contributed by atoms with E-state index in [1.807, 2.05) is 38.1 Å². The zero-order chi connectivity index (χ0) is 17.7. The number of aliphatic carboxylic acids is 1. The van der Waals surface area contributed by atoms with Gasteiger partial charge >= 0.3 is 5.97 Å². The molecule has 2 N–H and O–H groups in total. The van der Waals surface area contributed by atoms with Crippen molar-refractivity contribution >= 4 is 27.8 Å². The molecule has 132 valence electrons. The topological polar surface area (TPSA) is 75.6 Å². The summed E-state index contributed by atoms with van der Waals surface area (Å²) in [4.78, 5) is 24.6. The van der Waals surface area contributed by atoms with Crippen LogP contribution in [0.3, 0.4) is 0 Å². The van der Waals surface area contributed by atoms with Crippen LogP contribution in [0.25, 0.3) is 0 Å². The van der Waals surface area contributed by atoms with Crippen molar-refractivity contribution in [2.75, 3.05) is 13.2 Å². The van der Waals surface area contributed by atoms with E-state index in [0.717, 1.165) is 10.0 Å². The van der Waals surface area contributed by atoms with E-state index < -0.39 is 17.4 Å². The summed E-state index contributed by atoms with van der Waals surface area (Å²) in [5.74, 6) is -1.03. The van der Waals surface area contributed by atoms with Crippen molar-refractivity contribution in [3.8, 4) is 0 Å². The van der Waals surface area contributed by atoms with Gasteiger partial charge in [0.1, 0.15) is 6.04 Å². The molecule has 2 rings (SSSR count). The summed E-state index contributed by atoms with van der Waals surface area (Å²) >= 11 is 3.41. The predicted octanol–water partition coefficient (Wildman–Crippen LogP) is 3.11. The summed E-state index contributed by atoms with van der Waals surface area (Å²) in [6, 6.07) is 6.79. The number of benzene rings is 1. The van der Waals surface area contributed by atoms with Gasteiger partial charge < -0.3 is 15.2 Å². The van der Waals surface area contributed by atoms with Crippen molar-refractivity contribution < 1.29 is 19.4 Å². The van der Waals surface area contributed by atoms with E-state index in [2.05, 4.69) is 21.2 Å². The number of ether oxygens (including phenoxy) is 1. The molecule has 1 atom stereocenters. The van der Waals surface area contributed by atoms with Crippen LogP contribution >= 0.6 is 15.9 Å². The third-order valence-electron chi connectivity index (χ3n) is 4.49. The Hall–Kier alpha value is -1.40. The molecule has 1 aliphatic rings. The molecule has 1 heterocycles. The first-order chi connectivity index (χ1) is 11.3. The minimum absolute atomic E-state index is 0.185. The van der Waals surface area contributed by atoms with E-state index in [0.29, 0.717) is 32.5 Å². The van der Waals surface area contributed by atoms with Crippen molar-refractivity contribution in [2.45, 2.75) is 44.6 Å². The Morgan fingerprint density at radius 2 is 1.83 bits per heavy atom. The van der Waals surface area contributed by atoms with Crippen LogP contribution in [-0.4, -0.2) is 36.2 Å². The maximum Gasteiger partial charge on any atom is 0.326 e. The number of carboxylic acid groups (broad SMARTS) is 1. The third kappa shape index (κ3) is 4.36. The lowest BCUT2D eigenvalue weighted by Crippen LogP contribution is -2.53. The lowest BCUT2D eigenvalue weighted by Gasteiger charge is -2.37. The quantitative estimate of drug-likeness (QED) is 0.772. The highest BCUT2D eigenvalue weighted by atomic mass is 79.9. The summed E-state index contributed by atoms with van der Waals surface area (Å²) in [6.07, 6.45) is 1.51. The van der Waals surface area contributed by atoms with Gasteiger partial charge in [-0.05, 0) is 42.9 Å². The average molecular weight is 398 g/mol. The van der Waals surface area contributed by atoms with Crippen molar-refractivity contribution in [1.82, 2.24) is 5.32 Å². The molecule has 1 fully saturated rings. The van der Waals surface area contributed by atoms with Crippen molar-refractivity contribution in [3.63, 3.8) is 0 Å². The number of hydrogen-bond donors (Lipinski definition) is 2. The summed E-state index contributed by atoms with van der Waals surface area (Å²) in [6.45, 7) is 4.87. The van der Waals surface area contributed by atoms with Crippen LogP contribution in [0.5, 0.6) is 0 Å². The molecule has 24 heavy (non-hydrogen) atoms. The molecule has 0 saturated carbocycles. The maximum atomic E-state index is 13.1. The van der Waals surface area contributed by atoms with E-state index in [1.54, 1.807) is 0 Å². The summed E-state index contributed by atoms with van der Waals surface area (Å²) in [7, 11) is 0. The smallest absolute Gasteiger partial charge is 0.326 e. The van der Waals surface area contributed by atoms with Crippen molar-refractivity contribution in [1.29, 1.82) is 0 Å². The number of halogens is 1. The highest BCUT2D eigenvalue weighted by Crippen LogP contribution is 2.36. The van der Waals surface area contributed by atoms with E-state index in [1.165, 1.54) is 0 Å². The summed E-state index contributed by atoms with van der Waals surface area (Å²) < 4.78 is 6.37. The van der Waals surface area contributed by atoms with Gasteiger partial charge in [0, 0.05) is 17.7 Å². The minimum atomic E-state index is -0.991. The third-order valence-corrected chi connectivity index (χ3v) is 5.02. The monoisotopic (exact) mass is 397 g/mol. The second-order valence-corrected chi connectivity index (χ2v) is 7.61. The highest BCUT2D eigenvalue weighted by molar-refractivity contribution is 9.10. The molecule has 0 aliphatic carbocycles. The molecule has 1 aliphatic heterocycles. The molecule has 0 spiro atoms. The van der Waals surface area contributed by atoms with Gasteiger partial charge in [-0.25, -0.2) is 4.79 Å². The molecular formula is C18H24BrNO4. The molecule has 5 nitrogen and oxygen atoms in total. The zero-order valence-electron chi connectivity index (χ0n) is 14.0. The van der Waals surface area contributed by atoms with E-state index in [9.17, 15) is 14.7 Å². The molecule has 0 radical (unpaired) electrons. The Labute approximate surface area is 150 Å². The number of carbonyl (C=O) groups is 2. The Morgan fingerprint density at radius 3 is 2.33 bits per heavy atom. The SMILES string of the molecule is CC(C)C[C@@H](NC(=O)C1(c2ccc(Br)cc2)CCOCC1)C(=O)O. The van der Waals surface area contributed by atoms with Gasteiger partial charge in [0.05, 0.1) is 5.41 Å². The predicted molar refractivity (Wildman–Crippen MR) is 94.9 cm³/mol.